The van der Waals surface area contributed by atoms with Crippen LogP contribution in [0.4, 0.5) is 0 Å². The minimum atomic E-state index is -0.156. The van der Waals surface area contributed by atoms with Gasteiger partial charge >= 0.3 is 0 Å². The first-order valence-corrected chi connectivity index (χ1v) is 6.47. The van der Waals surface area contributed by atoms with Crippen molar-refractivity contribution in [1.29, 1.82) is 0 Å². The third kappa shape index (κ3) is 3.58. The van der Waals surface area contributed by atoms with E-state index in [0.29, 0.717) is 5.76 Å². The highest BCUT2D eigenvalue weighted by Gasteiger charge is 2.15. The molecule has 1 aliphatic carbocycles. The van der Waals surface area contributed by atoms with Crippen LogP contribution in [0.5, 0.6) is 0 Å². The second-order valence-electron chi connectivity index (χ2n) is 4.88. The van der Waals surface area contributed by atoms with E-state index >= 15 is 0 Å². The lowest BCUT2D eigenvalue weighted by Crippen LogP contribution is -2.24. The molecule has 1 aromatic rings. The molecule has 94 valence electrons. The number of aromatic nitrogens is 1. The van der Waals surface area contributed by atoms with Gasteiger partial charge in [0.2, 0.25) is 5.76 Å². The van der Waals surface area contributed by atoms with Crippen LogP contribution in [0.1, 0.15) is 54.8 Å². The highest BCUT2D eigenvalue weighted by molar-refractivity contribution is 5.91. The molecular formula is C13H20N2O2. The zero-order valence-electron chi connectivity index (χ0n) is 10.4. The summed E-state index contributed by atoms with van der Waals surface area (Å²) < 4.78 is 4.89. The first kappa shape index (κ1) is 12.1. The molecule has 0 spiro atoms. The number of amides is 1. The first-order chi connectivity index (χ1) is 8.25. The normalized spacial score (nSPS) is 16.3. The van der Waals surface area contributed by atoms with Crippen LogP contribution in [0.3, 0.4) is 0 Å². The fourth-order valence-electron chi connectivity index (χ4n) is 2.45. The van der Waals surface area contributed by atoms with Crippen molar-refractivity contribution >= 4 is 5.91 Å². The molecule has 1 aliphatic rings. The molecule has 4 heteroatoms. The van der Waals surface area contributed by atoms with Crippen molar-refractivity contribution in [1.82, 2.24) is 10.5 Å². The van der Waals surface area contributed by atoms with Crippen molar-refractivity contribution in [2.75, 3.05) is 6.54 Å². The zero-order chi connectivity index (χ0) is 12.1. The standard InChI is InChI=1S/C13H20N2O2/c1-10-9-12(17-15-10)13(16)14-8-4-7-11-5-2-3-6-11/h9,11H,2-8H2,1H3,(H,14,16). The van der Waals surface area contributed by atoms with Gasteiger partial charge in [0.25, 0.3) is 5.91 Å². The van der Waals surface area contributed by atoms with Crippen molar-refractivity contribution in [2.24, 2.45) is 5.92 Å². The molecule has 0 saturated heterocycles. The van der Waals surface area contributed by atoms with E-state index in [-0.39, 0.29) is 5.91 Å². The lowest BCUT2D eigenvalue weighted by Gasteiger charge is -2.08. The molecule has 0 bridgehead atoms. The summed E-state index contributed by atoms with van der Waals surface area (Å²) >= 11 is 0. The van der Waals surface area contributed by atoms with Crippen molar-refractivity contribution < 1.29 is 9.32 Å². The maximum absolute atomic E-state index is 11.6. The molecule has 1 aromatic heterocycles. The molecule has 1 fully saturated rings. The lowest BCUT2D eigenvalue weighted by molar-refractivity contribution is 0.0915. The molecule has 1 amide bonds. The quantitative estimate of drug-likeness (QED) is 0.800. The van der Waals surface area contributed by atoms with Gasteiger partial charge in [0.05, 0.1) is 5.69 Å². The van der Waals surface area contributed by atoms with Gasteiger partial charge in [0.15, 0.2) is 0 Å². The third-order valence-corrected chi connectivity index (χ3v) is 3.40. The van der Waals surface area contributed by atoms with Crippen LogP contribution in [-0.4, -0.2) is 17.6 Å². The number of nitrogens with one attached hydrogen (secondary N) is 1. The fraction of sp³-hybridized carbons (Fsp3) is 0.692. The van der Waals surface area contributed by atoms with Crippen LogP contribution in [0.25, 0.3) is 0 Å². The van der Waals surface area contributed by atoms with Gasteiger partial charge in [-0.3, -0.25) is 4.79 Å². The molecule has 1 heterocycles. The molecular weight excluding hydrogens is 216 g/mol. The van der Waals surface area contributed by atoms with E-state index in [2.05, 4.69) is 10.5 Å². The van der Waals surface area contributed by atoms with Gasteiger partial charge in [0, 0.05) is 12.6 Å². The van der Waals surface area contributed by atoms with Crippen LogP contribution in [0.2, 0.25) is 0 Å². The van der Waals surface area contributed by atoms with Gasteiger partial charge < -0.3 is 9.84 Å². The minimum Gasteiger partial charge on any atom is -0.351 e. The van der Waals surface area contributed by atoms with Crippen LogP contribution >= 0.6 is 0 Å². The summed E-state index contributed by atoms with van der Waals surface area (Å²) in [5.41, 5.74) is 0.737. The Labute approximate surface area is 102 Å². The van der Waals surface area contributed by atoms with Crippen LogP contribution < -0.4 is 5.32 Å². The van der Waals surface area contributed by atoms with Gasteiger partial charge in [-0.2, -0.15) is 0 Å². The SMILES string of the molecule is Cc1cc(C(=O)NCCCC2CCCC2)on1. The maximum Gasteiger partial charge on any atom is 0.289 e. The van der Waals surface area contributed by atoms with Crippen LogP contribution in [0.15, 0.2) is 10.6 Å². The van der Waals surface area contributed by atoms with Crippen LogP contribution in [-0.2, 0) is 0 Å². The molecule has 0 aliphatic heterocycles. The predicted molar refractivity (Wildman–Crippen MR) is 64.8 cm³/mol. The summed E-state index contributed by atoms with van der Waals surface area (Å²) in [5.74, 6) is 1.04. The van der Waals surface area contributed by atoms with Crippen molar-refractivity contribution in [3.8, 4) is 0 Å². The lowest BCUT2D eigenvalue weighted by atomic mass is 10.0. The summed E-state index contributed by atoms with van der Waals surface area (Å²) in [6.45, 7) is 2.54. The number of nitrogens with zero attached hydrogens (tertiary/aromatic N) is 1. The summed E-state index contributed by atoms with van der Waals surface area (Å²) in [6, 6.07) is 1.66. The Morgan fingerprint density at radius 2 is 2.29 bits per heavy atom. The van der Waals surface area contributed by atoms with E-state index < -0.39 is 0 Å². The molecule has 2 rings (SSSR count). The molecule has 0 radical (unpaired) electrons. The van der Waals surface area contributed by atoms with Crippen molar-refractivity contribution in [3.05, 3.63) is 17.5 Å². The van der Waals surface area contributed by atoms with E-state index in [0.717, 1.165) is 24.6 Å². The zero-order valence-corrected chi connectivity index (χ0v) is 10.4. The topological polar surface area (TPSA) is 55.1 Å². The van der Waals surface area contributed by atoms with Gasteiger partial charge in [-0.1, -0.05) is 30.8 Å². The number of carbonyl (C=O) groups is 1. The first-order valence-electron chi connectivity index (χ1n) is 6.47. The van der Waals surface area contributed by atoms with E-state index in [1.807, 2.05) is 0 Å². The third-order valence-electron chi connectivity index (χ3n) is 3.40. The predicted octanol–water partition coefficient (Wildman–Crippen LogP) is 2.68. The summed E-state index contributed by atoms with van der Waals surface area (Å²) in [5, 5.41) is 6.56. The number of rotatable bonds is 5. The Hall–Kier alpha value is -1.32. The van der Waals surface area contributed by atoms with Gasteiger partial charge in [-0.05, 0) is 25.7 Å². The van der Waals surface area contributed by atoms with E-state index in [4.69, 9.17) is 4.52 Å². The van der Waals surface area contributed by atoms with Gasteiger partial charge in [-0.15, -0.1) is 0 Å². The Bertz CT molecular complexity index is 367. The number of aryl methyl sites for hydroxylation is 1. The molecule has 0 atom stereocenters. The average molecular weight is 236 g/mol. The Balaban J connectivity index is 1.63. The van der Waals surface area contributed by atoms with E-state index in [9.17, 15) is 4.79 Å². The molecule has 0 unspecified atom stereocenters. The second kappa shape index (κ2) is 5.84. The van der Waals surface area contributed by atoms with Crippen LogP contribution in [0, 0.1) is 12.8 Å². The Morgan fingerprint density at radius 1 is 1.53 bits per heavy atom. The van der Waals surface area contributed by atoms with E-state index in [1.165, 1.54) is 32.1 Å². The minimum absolute atomic E-state index is 0.156. The number of hydrogen-bond donors (Lipinski definition) is 1. The molecule has 4 nitrogen and oxygen atoms in total. The average Bonchev–Trinajstić information content (AvgIpc) is 2.95. The maximum atomic E-state index is 11.6. The number of hydrogen-bond acceptors (Lipinski definition) is 3. The van der Waals surface area contributed by atoms with E-state index in [1.54, 1.807) is 13.0 Å². The molecule has 17 heavy (non-hydrogen) atoms. The smallest absolute Gasteiger partial charge is 0.289 e. The molecule has 1 saturated carbocycles. The summed E-state index contributed by atoms with van der Waals surface area (Å²) in [4.78, 5) is 11.6. The van der Waals surface area contributed by atoms with Crippen molar-refractivity contribution in [2.45, 2.75) is 45.4 Å². The van der Waals surface area contributed by atoms with Gasteiger partial charge in [-0.25, -0.2) is 0 Å². The second-order valence-corrected chi connectivity index (χ2v) is 4.88. The molecule has 1 N–H and O–H groups in total. The fourth-order valence-corrected chi connectivity index (χ4v) is 2.45. The Morgan fingerprint density at radius 3 is 2.94 bits per heavy atom. The number of carbonyl (C=O) groups excluding carboxylic acids is 1. The summed E-state index contributed by atoms with van der Waals surface area (Å²) in [6.07, 6.45) is 7.80. The molecule has 0 aromatic carbocycles. The van der Waals surface area contributed by atoms with Gasteiger partial charge in [0.1, 0.15) is 0 Å². The largest absolute Gasteiger partial charge is 0.351 e. The Kier molecular flexibility index (Phi) is 4.18. The summed E-state index contributed by atoms with van der Waals surface area (Å²) in [7, 11) is 0. The highest BCUT2D eigenvalue weighted by Crippen LogP contribution is 2.28. The highest BCUT2D eigenvalue weighted by atomic mass is 16.5. The van der Waals surface area contributed by atoms with Crippen molar-refractivity contribution in [3.63, 3.8) is 0 Å². The monoisotopic (exact) mass is 236 g/mol.